The molecule has 0 radical (unpaired) electrons. The fraction of sp³-hybridized carbons (Fsp3) is 0.667. The molecule has 2 N–H and O–H groups in total. The number of hydrogen-bond donors (Lipinski definition) is 2. The summed E-state index contributed by atoms with van der Waals surface area (Å²) in [4.78, 5) is 2.81. The van der Waals surface area contributed by atoms with E-state index in [2.05, 4.69) is 29.7 Å². The van der Waals surface area contributed by atoms with Gasteiger partial charge in [0.1, 0.15) is 0 Å². The molecule has 1 aromatic rings. The van der Waals surface area contributed by atoms with Crippen molar-refractivity contribution in [3.8, 4) is 0 Å². The number of hydrogen-bond acceptors (Lipinski definition) is 4. The quantitative estimate of drug-likeness (QED) is 0.648. The number of thiophene rings is 1. The van der Waals surface area contributed by atoms with Crippen molar-refractivity contribution in [2.45, 2.75) is 19.9 Å². The fourth-order valence-corrected chi connectivity index (χ4v) is 2.29. The van der Waals surface area contributed by atoms with Crippen molar-refractivity contribution in [3.05, 3.63) is 21.9 Å². The van der Waals surface area contributed by atoms with Crippen LogP contribution in [0.5, 0.6) is 0 Å². The van der Waals surface area contributed by atoms with Crippen LogP contribution in [0, 0.1) is 6.92 Å². The summed E-state index contributed by atoms with van der Waals surface area (Å²) in [5.41, 5.74) is 0. The van der Waals surface area contributed by atoms with Crippen molar-refractivity contribution >= 4 is 11.3 Å². The molecule has 0 fully saturated rings. The Kier molecular flexibility index (Phi) is 7.42. The Morgan fingerprint density at radius 2 is 2.00 bits per heavy atom. The van der Waals surface area contributed by atoms with Gasteiger partial charge in [0.2, 0.25) is 0 Å². The van der Waals surface area contributed by atoms with Gasteiger partial charge in [0.25, 0.3) is 0 Å². The van der Waals surface area contributed by atoms with E-state index in [1.54, 1.807) is 7.11 Å². The van der Waals surface area contributed by atoms with E-state index in [9.17, 15) is 0 Å². The van der Waals surface area contributed by atoms with Crippen LogP contribution < -0.4 is 10.6 Å². The highest BCUT2D eigenvalue weighted by Gasteiger charge is 1.95. The minimum atomic E-state index is 0.794. The second kappa shape index (κ2) is 8.70. The number of methoxy groups -OCH3 is 1. The molecule has 1 aromatic heterocycles. The summed E-state index contributed by atoms with van der Waals surface area (Å²) in [6.07, 6.45) is 1.16. The third-order valence-electron chi connectivity index (χ3n) is 2.29. The Labute approximate surface area is 102 Å². The van der Waals surface area contributed by atoms with E-state index < -0.39 is 0 Å². The van der Waals surface area contributed by atoms with E-state index in [4.69, 9.17) is 4.74 Å². The molecule has 0 unspecified atom stereocenters. The minimum Gasteiger partial charge on any atom is -0.383 e. The second-order valence-corrected chi connectivity index (χ2v) is 5.16. The van der Waals surface area contributed by atoms with Crippen LogP contribution in [0.25, 0.3) is 0 Å². The molecule has 16 heavy (non-hydrogen) atoms. The SMILES string of the molecule is COCCNCCCNCc1ccc(C)s1. The lowest BCUT2D eigenvalue weighted by atomic mass is 10.4. The third-order valence-corrected chi connectivity index (χ3v) is 3.29. The molecular weight excluding hydrogens is 220 g/mol. The zero-order valence-corrected chi connectivity index (χ0v) is 11.0. The van der Waals surface area contributed by atoms with E-state index in [-0.39, 0.29) is 0 Å². The van der Waals surface area contributed by atoms with Crippen LogP contribution in [0.1, 0.15) is 16.2 Å². The van der Waals surface area contributed by atoms with Crippen molar-refractivity contribution < 1.29 is 4.74 Å². The van der Waals surface area contributed by atoms with E-state index in [0.717, 1.165) is 39.2 Å². The average Bonchev–Trinajstić information content (AvgIpc) is 2.68. The van der Waals surface area contributed by atoms with E-state index >= 15 is 0 Å². The molecule has 0 aliphatic carbocycles. The summed E-state index contributed by atoms with van der Waals surface area (Å²) >= 11 is 1.87. The predicted molar refractivity (Wildman–Crippen MR) is 70.1 cm³/mol. The van der Waals surface area contributed by atoms with Crippen molar-refractivity contribution in [1.82, 2.24) is 10.6 Å². The maximum atomic E-state index is 4.95. The van der Waals surface area contributed by atoms with Crippen molar-refractivity contribution in [1.29, 1.82) is 0 Å². The van der Waals surface area contributed by atoms with Gasteiger partial charge in [-0.15, -0.1) is 11.3 Å². The molecule has 0 aliphatic heterocycles. The first-order valence-corrected chi connectivity index (χ1v) is 6.60. The molecule has 0 amide bonds. The van der Waals surface area contributed by atoms with E-state index in [0.29, 0.717) is 0 Å². The largest absolute Gasteiger partial charge is 0.383 e. The summed E-state index contributed by atoms with van der Waals surface area (Å²) in [5, 5.41) is 6.77. The minimum absolute atomic E-state index is 0.794. The third kappa shape index (κ3) is 6.23. The predicted octanol–water partition coefficient (Wildman–Crippen LogP) is 1.77. The lowest BCUT2D eigenvalue weighted by molar-refractivity contribution is 0.199. The number of ether oxygens (including phenoxy) is 1. The molecule has 0 spiro atoms. The molecule has 1 rings (SSSR count). The van der Waals surface area contributed by atoms with Crippen LogP contribution in [0.4, 0.5) is 0 Å². The summed E-state index contributed by atoms with van der Waals surface area (Å²) in [7, 11) is 1.73. The molecule has 4 heteroatoms. The van der Waals surface area contributed by atoms with Crippen molar-refractivity contribution in [2.75, 3.05) is 33.4 Å². The van der Waals surface area contributed by atoms with E-state index in [1.807, 2.05) is 11.3 Å². The molecule has 0 bridgehead atoms. The standard InChI is InChI=1S/C12H22N2OS/c1-11-4-5-12(16-11)10-14-7-3-6-13-8-9-15-2/h4-5,13-14H,3,6-10H2,1-2H3. The number of nitrogens with one attached hydrogen (secondary N) is 2. The molecular formula is C12H22N2OS. The summed E-state index contributed by atoms with van der Waals surface area (Å²) in [6.45, 7) is 7.00. The van der Waals surface area contributed by atoms with Gasteiger partial charge in [0, 0.05) is 30.0 Å². The van der Waals surface area contributed by atoms with Crippen LogP contribution >= 0.6 is 11.3 Å². The molecule has 3 nitrogen and oxygen atoms in total. The molecule has 92 valence electrons. The van der Waals surface area contributed by atoms with Gasteiger partial charge in [-0.05, 0) is 38.6 Å². The molecule has 0 aliphatic rings. The van der Waals surface area contributed by atoms with Crippen LogP contribution in [-0.2, 0) is 11.3 Å². The average molecular weight is 242 g/mol. The maximum absolute atomic E-state index is 4.95. The topological polar surface area (TPSA) is 33.3 Å². The Balaban J connectivity index is 1.88. The van der Waals surface area contributed by atoms with Gasteiger partial charge in [0.05, 0.1) is 6.61 Å². The van der Waals surface area contributed by atoms with Crippen LogP contribution in [0.2, 0.25) is 0 Å². The lowest BCUT2D eigenvalue weighted by Gasteiger charge is -2.05. The van der Waals surface area contributed by atoms with Gasteiger partial charge in [-0.3, -0.25) is 0 Å². The van der Waals surface area contributed by atoms with Gasteiger partial charge in [-0.25, -0.2) is 0 Å². The number of aryl methyl sites for hydroxylation is 1. The van der Waals surface area contributed by atoms with Gasteiger partial charge in [-0.1, -0.05) is 0 Å². The zero-order chi connectivity index (χ0) is 11.6. The first-order chi connectivity index (χ1) is 7.83. The molecule has 0 saturated carbocycles. The fourth-order valence-electron chi connectivity index (χ4n) is 1.43. The lowest BCUT2D eigenvalue weighted by Crippen LogP contribution is -2.24. The maximum Gasteiger partial charge on any atom is 0.0587 e. The Hall–Kier alpha value is -0.420. The highest BCUT2D eigenvalue weighted by molar-refractivity contribution is 7.11. The first kappa shape index (κ1) is 13.6. The molecule has 0 aromatic carbocycles. The van der Waals surface area contributed by atoms with Crippen molar-refractivity contribution in [3.63, 3.8) is 0 Å². The van der Waals surface area contributed by atoms with Crippen LogP contribution in [0.3, 0.4) is 0 Å². The summed E-state index contributed by atoms with van der Waals surface area (Å²) < 4.78 is 4.95. The Bertz CT molecular complexity index is 276. The highest BCUT2D eigenvalue weighted by atomic mass is 32.1. The Morgan fingerprint density at radius 1 is 1.19 bits per heavy atom. The van der Waals surface area contributed by atoms with Gasteiger partial charge >= 0.3 is 0 Å². The molecule has 0 atom stereocenters. The van der Waals surface area contributed by atoms with E-state index in [1.165, 1.54) is 9.75 Å². The molecule has 1 heterocycles. The zero-order valence-electron chi connectivity index (χ0n) is 10.2. The second-order valence-electron chi connectivity index (χ2n) is 3.79. The highest BCUT2D eigenvalue weighted by Crippen LogP contribution is 2.14. The van der Waals surface area contributed by atoms with Crippen LogP contribution in [0.15, 0.2) is 12.1 Å². The summed E-state index contributed by atoms with van der Waals surface area (Å²) in [6, 6.07) is 4.37. The van der Waals surface area contributed by atoms with Gasteiger partial charge in [0.15, 0.2) is 0 Å². The number of rotatable bonds is 9. The van der Waals surface area contributed by atoms with Gasteiger partial charge in [-0.2, -0.15) is 0 Å². The van der Waals surface area contributed by atoms with Crippen LogP contribution in [-0.4, -0.2) is 33.4 Å². The molecule has 0 saturated heterocycles. The first-order valence-electron chi connectivity index (χ1n) is 5.78. The smallest absolute Gasteiger partial charge is 0.0587 e. The monoisotopic (exact) mass is 242 g/mol. The Morgan fingerprint density at radius 3 is 2.69 bits per heavy atom. The van der Waals surface area contributed by atoms with Gasteiger partial charge < -0.3 is 15.4 Å². The summed E-state index contributed by atoms with van der Waals surface area (Å²) in [5.74, 6) is 0. The van der Waals surface area contributed by atoms with Crippen molar-refractivity contribution in [2.24, 2.45) is 0 Å². The normalized spacial score (nSPS) is 10.9.